The summed E-state index contributed by atoms with van der Waals surface area (Å²) >= 11 is 6.17. The molecule has 1 aromatic carbocycles. The summed E-state index contributed by atoms with van der Waals surface area (Å²) < 4.78 is 10.5. The van der Waals surface area contributed by atoms with Crippen molar-refractivity contribution in [2.45, 2.75) is 12.8 Å². The van der Waals surface area contributed by atoms with E-state index in [1.807, 2.05) is 19.1 Å². The number of ether oxygens (including phenoxy) is 2. The summed E-state index contributed by atoms with van der Waals surface area (Å²) in [4.78, 5) is 0. The number of nitrogens with two attached hydrogens (primary N) is 1. The Hall–Kier alpha value is -0.930. The fourth-order valence-electron chi connectivity index (χ4n) is 1.46. The van der Waals surface area contributed by atoms with Crippen LogP contribution in [0.25, 0.3) is 0 Å². The van der Waals surface area contributed by atoms with E-state index in [1.165, 1.54) is 0 Å². The van der Waals surface area contributed by atoms with Gasteiger partial charge in [-0.3, -0.25) is 0 Å². The molecule has 3 nitrogen and oxygen atoms in total. The van der Waals surface area contributed by atoms with E-state index in [2.05, 4.69) is 0 Å². The first-order valence-electron chi connectivity index (χ1n) is 4.52. The largest absolute Gasteiger partial charge is 0.454 e. The van der Waals surface area contributed by atoms with Gasteiger partial charge in [-0.2, -0.15) is 0 Å². The molecule has 1 aromatic rings. The van der Waals surface area contributed by atoms with E-state index in [4.69, 9.17) is 26.8 Å². The molecular formula is C10H12ClNO2. The summed E-state index contributed by atoms with van der Waals surface area (Å²) in [5.74, 6) is 1.59. The minimum atomic E-state index is 0.233. The van der Waals surface area contributed by atoms with Crippen LogP contribution in [0.2, 0.25) is 5.02 Å². The maximum atomic E-state index is 6.17. The maximum absolute atomic E-state index is 6.17. The van der Waals surface area contributed by atoms with Crippen molar-refractivity contribution in [2.75, 3.05) is 13.3 Å². The van der Waals surface area contributed by atoms with Crippen molar-refractivity contribution >= 4 is 11.6 Å². The van der Waals surface area contributed by atoms with Crippen LogP contribution in [0, 0.1) is 0 Å². The van der Waals surface area contributed by atoms with Gasteiger partial charge in [0.25, 0.3) is 0 Å². The van der Waals surface area contributed by atoms with E-state index in [9.17, 15) is 0 Å². The molecule has 0 saturated carbocycles. The van der Waals surface area contributed by atoms with Crippen LogP contribution < -0.4 is 15.2 Å². The second-order valence-electron chi connectivity index (χ2n) is 3.34. The van der Waals surface area contributed by atoms with Crippen LogP contribution in [0.1, 0.15) is 18.4 Å². The van der Waals surface area contributed by atoms with Crippen molar-refractivity contribution in [1.29, 1.82) is 0 Å². The van der Waals surface area contributed by atoms with Crippen molar-refractivity contribution in [3.05, 3.63) is 22.7 Å². The van der Waals surface area contributed by atoms with Crippen LogP contribution in [-0.2, 0) is 0 Å². The second kappa shape index (κ2) is 3.67. The van der Waals surface area contributed by atoms with Gasteiger partial charge in [-0.25, -0.2) is 0 Å². The Balaban J connectivity index is 2.44. The minimum Gasteiger partial charge on any atom is -0.454 e. The number of fused-ring (bicyclic) bond motifs is 1. The lowest BCUT2D eigenvalue weighted by molar-refractivity contribution is 0.174. The lowest BCUT2D eigenvalue weighted by Crippen LogP contribution is -2.09. The molecule has 0 fully saturated rings. The predicted molar refractivity (Wildman–Crippen MR) is 55.0 cm³/mol. The summed E-state index contributed by atoms with van der Waals surface area (Å²) in [6, 6.07) is 3.81. The van der Waals surface area contributed by atoms with E-state index in [-0.39, 0.29) is 12.7 Å². The highest BCUT2D eigenvalue weighted by atomic mass is 35.5. The van der Waals surface area contributed by atoms with Crippen molar-refractivity contribution in [3.8, 4) is 11.5 Å². The third-order valence-corrected chi connectivity index (χ3v) is 2.78. The summed E-state index contributed by atoms with van der Waals surface area (Å²) in [5, 5.41) is 0.623. The molecule has 1 unspecified atom stereocenters. The molecule has 0 spiro atoms. The average molecular weight is 214 g/mol. The molecule has 0 aliphatic carbocycles. The zero-order valence-corrected chi connectivity index (χ0v) is 8.67. The zero-order valence-electron chi connectivity index (χ0n) is 7.92. The smallest absolute Gasteiger partial charge is 0.231 e. The number of halogens is 1. The van der Waals surface area contributed by atoms with Crippen molar-refractivity contribution in [3.63, 3.8) is 0 Å². The lowest BCUT2D eigenvalue weighted by atomic mass is 10.0. The molecule has 0 saturated heterocycles. The molecule has 76 valence electrons. The van der Waals surface area contributed by atoms with Gasteiger partial charge in [-0.1, -0.05) is 24.6 Å². The Kier molecular flexibility index (Phi) is 2.52. The molecule has 2 N–H and O–H groups in total. The van der Waals surface area contributed by atoms with Crippen LogP contribution in [0.3, 0.4) is 0 Å². The lowest BCUT2D eigenvalue weighted by Gasteiger charge is -2.12. The SMILES string of the molecule is CC(CN)c1ccc2c(c1Cl)OCO2. The Labute approximate surface area is 87.8 Å². The highest BCUT2D eigenvalue weighted by Gasteiger charge is 2.21. The molecule has 1 aliphatic rings. The molecule has 4 heteroatoms. The van der Waals surface area contributed by atoms with Crippen LogP contribution in [0.4, 0.5) is 0 Å². The van der Waals surface area contributed by atoms with E-state index in [1.54, 1.807) is 0 Å². The fourth-order valence-corrected chi connectivity index (χ4v) is 1.86. The average Bonchev–Trinajstić information content (AvgIpc) is 2.66. The standard InChI is InChI=1S/C10H12ClNO2/c1-6(4-12)7-2-3-8-10(9(7)11)14-5-13-8/h2-3,6H,4-5,12H2,1H3. The normalized spacial score (nSPS) is 15.6. The third-order valence-electron chi connectivity index (χ3n) is 2.39. The number of rotatable bonds is 2. The quantitative estimate of drug-likeness (QED) is 0.819. The van der Waals surface area contributed by atoms with Gasteiger partial charge in [0.15, 0.2) is 11.5 Å². The Morgan fingerprint density at radius 1 is 1.50 bits per heavy atom. The Morgan fingerprint density at radius 2 is 2.29 bits per heavy atom. The zero-order chi connectivity index (χ0) is 10.1. The topological polar surface area (TPSA) is 44.5 Å². The van der Waals surface area contributed by atoms with E-state index < -0.39 is 0 Å². The van der Waals surface area contributed by atoms with Gasteiger partial charge in [0.1, 0.15) is 0 Å². The maximum Gasteiger partial charge on any atom is 0.231 e. The summed E-state index contributed by atoms with van der Waals surface area (Å²) in [7, 11) is 0. The first-order chi connectivity index (χ1) is 6.74. The highest BCUT2D eigenvalue weighted by molar-refractivity contribution is 6.33. The molecule has 1 aliphatic heterocycles. The van der Waals surface area contributed by atoms with Gasteiger partial charge < -0.3 is 15.2 Å². The Bertz CT molecular complexity index is 354. The molecule has 14 heavy (non-hydrogen) atoms. The van der Waals surface area contributed by atoms with Gasteiger partial charge in [0.2, 0.25) is 6.79 Å². The fraction of sp³-hybridized carbons (Fsp3) is 0.400. The van der Waals surface area contributed by atoms with E-state index in [0.29, 0.717) is 23.1 Å². The van der Waals surface area contributed by atoms with Crippen molar-refractivity contribution < 1.29 is 9.47 Å². The van der Waals surface area contributed by atoms with Gasteiger partial charge in [0, 0.05) is 0 Å². The molecule has 0 amide bonds. The monoisotopic (exact) mass is 213 g/mol. The van der Waals surface area contributed by atoms with Crippen LogP contribution in [-0.4, -0.2) is 13.3 Å². The van der Waals surface area contributed by atoms with Crippen molar-refractivity contribution in [2.24, 2.45) is 5.73 Å². The molecule has 0 aromatic heterocycles. The van der Waals surface area contributed by atoms with E-state index in [0.717, 1.165) is 5.56 Å². The molecule has 2 rings (SSSR count). The minimum absolute atomic E-state index is 0.233. The van der Waals surface area contributed by atoms with Gasteiger partial charge >= 0.3 is 0 Å². The number of benzene rings is 1. The molecule has 0 radical (unpaired) electrons. The summed E-state index contributed by atoms with van der Waals surface area (Å²) in [6.07, 6.45) is 0. The van der Waals surface area contributed by atoms with E-state index >= 15 is 0 Å². The van der Waals surface area contributed by atoms with Crippen LogP contribution in [0.15, 0.2) is 12.1 Å². The first kappa shape index (κ1) is 9.62. The van der Waals surface area contributed by atoms with Gasteiger partial charge in [0.05, 0.1) is 5.02 Å². The van der Waals surface area contributed by atoms with Crippen LogP contribution in [0.5, 0.6) is 11.5 Å². The first-order valence-corrected chi connectivity index (χ1v) is 4.90. The third kappa shape index (κ3) is 1.42. The molecular weight excluding hydrogens is 202 g/mol. The highest BCUT2D eigenvalue weighted by Crippen LogP contribution is 2.42. The van der Waals surface area contributed by atoms with Crippen molar-refractivity contribution in [1.82, 2.24) is 0 Å². The summed E-state index contributed by atoms with van der Waals surface area (Å²) in [6.45, 7) is 2.85. The predicted octanol–water partition coefficient (Wildman–Crippen LogP) is 2.13. The number of hydrogen-bond donors (Lipinski definition) is 1. The van der Waals surface area contributed by atoms with Crippen LogP contribution >= 0.6 is 11.6 Å². The Morgan fingerprint density at radius 3 is 3.00 bits per heavy atom. The number of hydrogen-bond acceptors (Lipinski definition) is 3. The summed E-state index contributed by atoms with van der Waals surface area (Å²) in [5.41, 5.74) is 6.60. The molecule has 1 atom stereocenters. The van der Waals surface area contributed by atoms with Gasteiger partial charge in [-0.15, -0.1) is 0 Å². The molecule has 0 bridgehead atoms. The molecule has 1 heterocycles. The second-order valence-corrected chi connectivity index (χ2v) is 3.72. The van der Waals surface area contributed by atoms with Gasteiger partial charge in [-0.05, 0) is 24.1 Å².